The molecule has 2 nitrogen and oxygen atoms in total. The first-order valence-corrected chi connectivity index (χ1v) is 6.17. The highest BCUT2D eigenvalue weighted by Gasteiger charge is 2.24. The summed E-state index contributed by atoms with van der Waals surface area (Å²) in [4.78, 5) is 4.07. The van der Waals surface area contributed by atoms with Gasteiger partial charge < -0.3 is 5.32 Å². The van der Waals surface area contributed by atoms with Crippen LogP contribution < -0.4 is 5.32 Å². The van der Waals surface area contributed by atoms with E-state index in [1.165, 1.54) is 11.4 Å². The van der Waals surface area contributed by atoms with Gasteiger partial charge in [-0.15, -0.1) is 11.3 Å². The second-order valence-electron chi connectivity index (χ2n) is 3.98. The molecule has 1 aromatic heterocycles. The van der Waals surface area contributed by atoms with E-state index in [0.29, 0.717) is 12.1 Å². The number of hydrogen-bond donors (Lipinski definition) is 1. The number of rotatable bonds is 2. The molecule has 14 heavy (non-hydrogen) atoms. The zero-order valence-electron chi connectivity index (χ0n) is 8.86. The van der Waals surface area contributed by atoms with E-state index < -0.39 is 0 Å². The van der Waals surface area contributed by atoms with Crippen LogP contribution in [0.25, 0.3) is 0 Å². The molecule has 0 saturated carbocycles. The quantitative estimate of drug-likeness (QED) is 0.804. The van der Waals surface area contributed by atoms with Gasteiger partial charge in [0.15, 0.2) is 0 Å². The van der Waals surface area contributed by atoms with Crippen LogP contribution in [0.3, 0.4) is 0 Å². The van der Waals surface area contributed by atoms with Gasteiger partial charge in [-0.25, -0.2) is 0 Å². The minimum atomic E-state index is 0.576. The SMILES string of the molecule is C[C@H]1CNCCN1[C@@H](C)c1cccs1. The van der Waals surface area contributed by atoms with E-state index in [0.717, 1.165) is 13.1 Å². The highest BCUT2D eigenvalue weighted by Crippen LogP contribution is 2.26. The van der Waals surface area contributed by atoms with Crippen molar-refractivity contribution in [3.8, 4) is 0 Å². The minimum absolute atomic E-state index is 0.576. The van der Waals surface area contributed by atoms with Gasteiger partial charge in [0.25, 0.3) is 0 Å². The van der Waals surface area contributed by atoms with Crippen molar-refractivity contribution in [1.29, 1.82) is 0 Å². The molecule has 0 aliphatic carbocycles. The standard InChI is InChI=1S/C11H18N2S/c1-9-8-12-5-6-13(9)10(2)11-4-3-7-14-11/h3-4,7,9-10,12H,5-6,8H2,1-2H3/t9-,10-/m0/s1. The van der Waals surface area contributed by atoms with E-state index in [-0.39, 0.29) is 0 Å². The zero-order valence-corrected chi connectivity index (χ0v) is 9.68. The number of piperazine rings is 1. The third kappa shape index (κ3) is 2.00. The van der Waals surface area contributed by atoms with Gasteiger partial charge in [-0.05, 0) is 25.3 Å². The molecule has 1 aliphatic rings. The van der Waals surface area contributed by atoms with Gasteiger partial charge in [0.1, 0.15) is 0 Å². The lowest BCUT2D eigenvalue weighted by Gasteiger charge is -2.38. The number of nitrogens with one attached hydrogen (secondary N) is 1. The molecule has 0 bridgehead atoms. The molecule has 0 aromatic carbocycles. The van der Waals surface area contributed by atoms with Crippen LogP contribution in [0.1, 0.15) is 24.8 Å². The summed E-state index contributed by atoms with van der Waals surface area (Å²) in [6, 6.07) is 5.61. The Morgan fingerprint density at radius 2 is 2.50 bits per heavy atom. The first-order chi connectivity index (χ1) is 6.79. The minimum Gasteiger partial charge on any atom is -0.314 e. The van der Waals surface area contributed by atoms with Crippen LogP contribution in [0.2, 0.25) is 0 Å². The van der Waals surface area contributed by atoms with Crippen LogP contribution in [0.4, 0.5) is 0 Å². The third-order valence-electron chi connectivity index (χ3n) is 3.01. The topological polar surface area (TPSA) is 15.3 Å². The maximum atomic E-state index is 3.43. The molecular formula is C11H18N2S. The lowest BCUT2D eigenvalue weighted by molar-refractivity contribution is 0.128. The van der Waals surface area contributed by atoms with Gasteiger partial charge in [-0.2, -0.15) is 0 Å². The molecule has 2 heterocycles. The van der Waals surface area contributed by atoms with Gasteiger partial charge in [-0.1, -0.05) is 6.07 Å². The lowest BCUT2D eigenvalue weighted by atomic mass is 10.1. The van der Waals surface area contributed by atoms with Crippen molar-refractivity contribution in [3.05, 3.63) is 22.4 Å². The van der Waals surface area contributed by atoms with Crippen molar-refractivity contribution in [2.24, 2.45) is 0 Å². The summed E-state index contributed by atoms with van der Waals surface area (Å²) in [6.07, 6.45) is 0. The Hall–Kier alpha value is -0.380. The highest BCUT2D eigenvalue weighted by molar-refractivity contribution is 7.10. The molecule has 1 aromatic rings. The van der Waals surface area contributed by atoms with Crippen LogP contribution in [0.5, 0.6) is 0 Å². The number of nitrogens with zero attached hydrogens (tertiary/aromatic N) is 1. The summed E-state index contributed by atoms with van der Waals surface area (Å²) < 4.78 is 0. The van der Waals surface area contributed by atoms with Crippen LogP contribution in [0, 0.1) is 0 Å². The Morgan fingerprint density at radius 3 is 3.14 bits per heavy atom. The average molecular weight is 210 g/mol. The first-order valence-electron chi connectivity index (χ1n) is 5.29. The Labute approximate surface area is 89.9 Å². The fourth-order valence-corrected chi connectivity index (χ4v) is 2.93. The predicted octanol–water partition coefficient (Wildman–Crippen LogP) is 2.10. The smallest absolute Gasteiger partial charge is 0.0417 e. The monoisotopic (exact) mass is 210 g/mol. The van der Waals surface area contributed by atoms with Crippen LogP contribution in [-0.4, -0.2) is 30.6 Å². The average Bonchev–Trinajstić information content (AvgIpc) is 2.70. The number of thiophene rings is 1. The van der Waals surface area contributed by atoms with Crippen molar-refractivity contribution in [2.75, 3.05) is 19.6 Å². The van der Waals surface area contributed by atoms with Crippen molar-refractivity contribution in [2.45, 2.75) is 25.9 Å². The summed E-state index contributed by atoms with van der Waals surface area (Å²) in [5.74, 6) is 0. The molecule has 1 fully saturated rings. The van der Waals surface area contributed by atoms with Crippen molar-refractivity contribution >= 4 is 11.3 Å². The zero-order chi connectivity index (χ0) is 9.97. The molecule has 0 spiro atoms. The fourth-order valence-electron chi connectivity index (χ4n) is 2.12. The first kappa shape index (κ1) is 10.1. The normalized spacial score (nSPS) is 26.3. The Balaban J connectivity index is 2.06. The largest absolute Gasteiger partial charge is 0.314 e. The van der Waals surface area contributed by atoms with E-state index in [4.69, 9.17) is 0 Å². The molecule has 2 atom stereocenters. The maximum Gasteiger partial charge on any atom is 0.0417 e. The molecule has 78 valence electrons. The lowest BCUT2D eigenvalue weighted by Crippen LogP contribution is -2.50. The van der Waals surface area contributed by atoms with E-state index in [1.54, 1.807) is 0 Å². The predicted molar refractivity (Wildman–Crippen MR) is 61.8 cm³/mol. The molecule has 1 N–H and O–H groups in total. The molecule has 0 amide bonds. The Morgan fingerprint density at radius 1 is 1.64 bits per heavy atom. The molecule has 3 heteroatoms. The molecule has 0 radical (unpaired) electrons. The Bertz CT molecular complexity index is 271. The van der Waals surface area contributed by atoms with Gasteiger partial charge in [0, 0.05) is 36.6 Å². The van der Waals surface area contributed by atoms with Gasteiger partial charge in [0.2, 0.25) is 0 Å². The second kappa shape index (κ2) is 4.43. The third-order valence-corrected chi connectivity index (χ3v) is 4.05. The van der Waals surface area contributed by atoms with Crippen LogP contribution >= 0.6 is 11.3 Å². The van der Waals surface area contributed by atoms with E-state index in [2.05, 4.69) is 41.6 Å². The Kier molecular flexibility index (Phi) is 3.21. The summed E-state index contributed by atoms with van der Waals surface area (Å²) in [6.45, 7) is 8.03. The summed E-state index contributed by atoms with van der Waals surface area (Å²) >= 11 is 1.86. The number of hydrogen-bond acceptors (Lipinski definition) is 3. The molecule has 1 saturated heterocycles. The molecule has 0 unspecified atom stereocenters. The van der Waals surface area contributed by atoms with Crippen LogP contribution in [-0.2, 0) is 0 Å². The van der Waals surface area contributed by atoms with Crippen molar-refractivity contribution in [3.63, 3.8) is 0 Å². The highest BCUT2D eigenvalue weighted by atomic mass is 32.1. The van der Waals surface area contributed by atoms with E-state index in [1.807, 2.05) is 11.3 Å². The molecule has 1 aliphatic heterocycles. The fraction of sp³-hybridized carbons (Fsp3) is 0.636. The van der Waals surface area contributed by atoms with Gasteiger partial charge in [0.05, 0.1) is 0 Å². The van der Waals surface area contributed by atoms with Crippen molar-refractivity contribution in [1.82, 2.24) is 10.2 Å². The van der Waals surface area contributed by atoms with Gasteiger partial charge >= 0.3 is 0 Å². The maximum absolute atomic E-state index is 3.43. The summed E-state index contributed by atoms with van der Waals surface area (Å²) in [5, 5.41) is 5.59. The molecular weight excluding hydrogens is 192 g/mol. The van der Waals surface area contributed by atoms with Crippen molar-refractivity contribution < 1.29 is 0 Å². The van der Waals surface area contributed by atoms with Crippen LogP contribution in [0.15, 0.2) is 17.5 Å². The van der Waals surface area contributed by atoms with Gasteiger partial charge in [-0.3, -0.25) is 4.90 Å². The molecule has 2 rings (SSSR count). The van der Waals surface area contributed by atoms with E-state index in [9.17, 15) is 0 Å². The summed E-state index contributed by atoms with van der Waals surface area (Å²) in [5.41, 5.74) is 0. The summed E-state index contributed by atoms with van der Waals surface area (Å²) in [7, 11) is 0. The van der Waals surface area contributed by atoms with E-state index >= 15 is 0 Å². The second-order valence-corrected chi connectivity index (χ2v) is 4.96.